The molecule has 0 amide bonds. The van der Waals surface area contributed by atoms with Crippen LogP contribution in [-0.2, 0) is 0 Å². The summed E-state index contributed by atoms with van der Waals surface area (Å²) in [6.07, 6.45) is 0. The van der Waals surface area contributed by atoms with Crippen molar-refractivity contribution >= 4 is 23.2 Å². The molecule has 0 fully saturated rings. The largest absolute Gasteiger partial charge is 0.192 e. The summed E-state index contributed by atoms with van der Waals surface area (Å²) in [5.74, 6) is 0. The first-order chi connectivity index (χ1) is 6.72. The van der Waals surface area contributed by atoms with Gasteiger partial charge in [0.05, 0.1) is 11.6 Å². The van der Waals surface area contributed by atoms with Gasteiger partial charge in [0.15, 0.2) is 0 Å². The Balaban J connectivity index is 3.38. The number of nitriles is 1. The molecule has 0 aliphatic heterocycles. The van der Waals surface area contributed by atoms with Gasteiger partial charge >= 0.3 is 0 Å². The maximum absolute atomic E-state index is 8.72. The highest BCUT2D eigenvalue weighted by atomic mass is 35.5. The lowest BCUT2D eigenvalue weighted by Crippen LogP contribution is -1.67. The molecule has 0 saturated heterocycles. The summed E-state index contributed by atoms with van der Waals surface area (Å²) in [7, 11) is 0. The minimum Gasteiger partial charge on any atom is -0.192 e. The van der Waals surface area contributed by atoms with Crippen LogP contribution in [0, 0.1) is 11.3 Å². The van der Waals surface area contributed by atoms with Crippen molar-refractivity contribution < 1.29 is 0 Å². The predicted molar refractivity (Wildman–Crippen MR) is 58.8 cm³/mol. The highest BCUT2D eigenvalue weighted by Crippen LogP contribution is 2.10. The topological polar surface area (TPSA) is 23.8 Å². The van der Waals surface area contributed by atoms with Gasteiger partial charge in [0.25, 0.3) is 0 Å². The standard InChI is InChI=1S/C11H7Cl2N/c12-10-4-2-1-3-9(8-14)7-11(13)6-5-10/h1-7H. The lowest BCUT2D eigenvalue weighted by molar-refractivity contribution is 1.49. The van der Waals surface area contributed by atoms with Crippen molar-refractivity contribution in [3.8, 4) is 6.07 Å². The van der Waals surface area contributed by atoms with Crippen LogP contribution in [0.5, 0.6) is 0 Å². The maximum atomic E-state index is 8.72. The third-order valence-electron chi connectivity index (χ3n) is 1.47. The summed E-state index contributed by atoms with van der Waals surface area (Å²) in [4.78, 5) is 0. The van der Waals surface area contributed by atoms with Crippen molar-refractivity contribution in [2.75, 3.05) is 0 Å². The molecule has 0 atom stereocenters. The van der Waals surface area contributed by atoms with Crippen LogP contribution in [0.15, 0.2) is 42.5 Å². The second-order valence-electron chi connectivity index (χ2n) is 2.53. The fraction of sp³-hybridized carbons (Fsp3) is 0. The van der Waals surface area contributed by atoms with E-state index in [1.54, 1.807) is 42.5 Å². The molecule has 1 aromatic carbocycles. The van der Waals surface area contributed by atoms with Gasteiger partial charge in [0.2, 0.25) is 0 Å². The molecule has 0 heterocycles. The normalized spacial score (nSPS) is 8.64. The van der Waals surface area contributed by atoms with Crippen LogP contribution in [0.2, 0.25) is 10.0 Å². The van der Waals surface area contributed by atoms with Gasteiger partial charge in [0, 0.05) is 10.0 Å². The van der Waals surface area contributed by atoms with E-state index in [4.69, 9.17) is 28.5 Å². The zero-order valence-corrected chi connectivity index (χ0v) is 8.76. The molecule has 0 aliphatic rings. The van der Waals surface area contributed by atoms with E-state index >= 15 is 0 Å². The second-order valence-corrected chi connectivity index (χ2v) is 3.41. The predicted octanol–water partition coefficient (Wildman–Crippen LogP) is 3.99. The fourth-order valence-corrected chi connectivity index (χ4v) is 1.15. The first-order valence-corrected chi connectivity index (χ1v) is 4.67. The SMILES string of the molecule is N#Cc1ccccc(Cl)ccc(Cl)c1. The Morgan fingerprint density at radius 2 is 1.57 bits per heavy atom. The molecule has 0 N–H and O–H groups in total. The number of hydrogen-bond acceptors (Lipinski definition) is 1. The Labute approximate surface area is 92.8 Å². The van der Waals surface area contributed by atoms with Gasteiger partial charge in [-0.1, -0.05) is 35.3 Å². The van der Waals surface area contributed by atoms with Gasteiger partial charge in [-0.15, -0.1) is 0 Å². The summed E-state index contributed by atoms with van der Waals surface area (Å²) in [5.41, 5.74) is 0.502. The Kier molecular flexibility index (Phi) is 4.25. The Morgan fingerprint density at radius 3 is 2.29 bits per heavy atom. The summed E-state index contributed by atoms with van der Waals surface area (Å²) in [6, 6.07) is 13.8. The summed E-state index contributed by atoms with van der Waals surface area (Å²) in [5, 5.41) is 9.78. The van der Waals surface area contributed by atoms with Crippen LogP contribution in [0.4, 0.5) is 0 Å². The van der Waals surface area contributed by atoms with E-state index in [1.807, 2.05) is 6.07 Å². The third-order valence-corrected chi connectivity index (χ3v) is 1.95. The van der Waals surface area contributed by atoms with E-state index < -0.39 is 0 Å². The van der Waals surface area contributed by atoms with E-state index in [-0.39, 0.29) is 0 Å². The average Bonchev–Trinajstić information content (AvgIpc) is 2.19. The summed E-state index contributed by atoms with van der Waals surface area (Å²) >= 11 is 11.6. The van der Waals surface area contributed by atoms with Gasteiger partial charge in [-0.05, 0) is 30.3 Å². The quantitative estimate of drug-likeness (QED) is 0.653. The zero-order valence-electron chi connectivity index (χ0n) is 7.24. The molecule has 0 radical (unpaired) electrons. The zero-order chi connectivity index (χ0) is 10.4. The number of halogens is 2. The van der Waals surface area contributed by atoms with Crippen LogP contribution in [0.3, 0.4) is 0 Å². The van der Waals surface area contributed by atoms with Crippen molar-refractivity contribution in [2.24, 2.45) is 0 Å². The van der Waals surface area contributed by atoms with E-state index in [0.717, 1.165) is 0 Å². The van der Waals surface area contributed by atoms with Gasteiger partial charge in [-0.2, -0.15) is 5.26 Å². The summed E-state index contributed by atoms with van der Waals surface area (Å²) in [6.45, 7) is 0. The molecular weight excluding hydrogens is 217 g/mol. The van der Waals surface area contributed by atoms with Crippen molar-refractivity contribution in [2.45, 2.75) is 0 Å². The first kappa shape index (κ1) is 10.8. The van der Waals surface area contributed by atoms with E-state index in [0.29, 0.717) is 15.6 Å². The summed E-state index contributed by atoms with van der Waals surface area (Å²) < 4.78 is 0. The van der Waals surface area contributed by atoms with E-state index in [2.05, 4.69) is 0 Å². The highest BCUT2D eigenvalue weighted by Gasteiger charge is 1.86. The molecule has 0 unspecified atom stereocenters. The molecule has 1 nitrogen and oxygen atoms in total. The van der Waals surface area contributed by atoms with Crippen molar-refractivity contribution in [3.05, 3.63) is 58.1 Å². The number of rotatable bonds is 0. The maximum Gasteiger partial charge on any atom is 0.0992 e. The molecule has 0 saturated carbocycles. The molecular formula is C11H7Cl2N. The van der Waals surface area contributed by atoms with Crippen LogP contribution in [-0.4, -0.2) is 0 Å². The highest BCUT2D eigenvalue weighted by molar-refractivity contribution is 6.31. The Bertz CT molecular complexity index is 420. The molecule has 1 aromatic rings. The van der Waals surface area contributed by atoms with E-state index in [1.165, 1.54) is 0 Å². The van der Waals surface area contributed by atoms with Crippen LogP contribution in [0.25, 0.3) is 0 Å². The Morgan fingerprint density at radius 1 is 0.929 bits per heavy atom. The molecule has 0 aliphatic carbocycles. The van der Waals surface area contributed by atoms with Gasteiger partial charge in [-0.3, -0.25) is 0 Å². The minimum atomic E-state index is 0.472. The monoisotopic (exact) mass is 223 g/mol. The van der Waals surface area contributed by atoms with Crippen LogP contribution >= 0.6 is 23.2 Å². The molecule has 1 rings (SSSR count). The molecule has 3 heteroatoms. The molecule has 0 aromatic heterocycles. The molecule has 14 heavy (non-hydrogen) atoms. The molecule has 0 bridgehead atoms. The number of nitrogens with zero attached hydrogens (tertiary/aromatic N) is 1. The average molecular weight is 224 g/mol. The lowest BCUT2D eigenvalue weighted by Gasteiger charge is -1.85. The van der Waals surface area contributed by atoms with E-state index in [9.17, 15) is 0 Å². The van der Waals surface area contributed by atoms with Crippen LogP contribution in [0.1, 0.15) is 5.56 Å². The molecule has 0 spiro atoms. The van der Waals surface area contributed by atoms with Crippen molar-refractivity contribution in [3.63, 3.8) is 0 Å². The van der Waals surface area contributed by atoms with Crippen LogP contribution < -0.4 is 0 Å². The van der Waals surface area contributed by atoms with Gasteiger partial charge in [0.1, 0.15) is 0 Å². The van der Waals surface area contributed by atoms with Gasteiger partial charge in [-0.25, -0.2) is 0 Å². The third kappa shape index (κ3) is 3.66. The smallest absolute Gasteiger partial charge is 0.0992 e. The van der Waals surface area contributed by atoms with Crippen molar-refractivity contribution in [1.82, 2.24) is 0 Å². The lowest BCUT2D eigenvalue weighted by atomic mass is 10.3. The van der Waals surface area contributed by atoms with Gasteiger partial charge < -0.3 is 0 Å². The minimum absolute atomic E-state index is 0.472. The Hall–Kier alpha value is -1.23. The first-order valence-electron chi connectivity index (χ1n) is 3.92. The molecule has 70 valence electrons. The second kappa shape index (κ2) is 5.49. The number of hydrogen-bond donors (Lipinski definition) is 0. The fourth-order valence-electron chi connectivity index (χ4n) is 0.836. The van der Waals surface area contributed by atoms with Crippen molar-refractivity contribution in [1.29, 1.82) is 5.26 Å².